The molecule has 0 amide bonds. The molecule has 0 saturated carbocycles. The monoisotopic (exact) mass is 266 g/mol. The van der Waals surface area contributed by atoms with Gasteiger partial charge in [-0.25, -0.2) is 0 Å². The molecule has 1 aliphatic heterocycles. The fourth-order valence-electron chi connectivity index (χ4n) is 2.47. The Morgan fingerprint density at radius 2 is 2.00 bits per heavy atom. The maximum atomic E-state index is 6.02. The lowest BCUT2D eigenvalue weighted by Crippen LogP contribution is -2.35. The summed E-state index contributed by atoms with van der Waals surface area (Å²) in [5.41, 5.74) is 2.62. The zero-order valence-electron chi connectivity index (χ0n) is 11.2. The molecule has 2 rings (SSSR count). The van der Waals surface area contributed by atoms with Gasteiger partial charge in [0, 0.05) is 24.7 Å². The van der Waals surface area contributed by atoms with Crippen LogP contribution in [-0.2, 0) is 6.54 Å². The number of halogens is 1. The Morgan fingerprint density at radius 3 is 2.78 bits per heavy atom. The highest BCUT2D eigenvalue weighted by atomic mass is 35.5. The normalized spacial score (nSPS) is 17.0. The summed E-state index contributed by atoms with van der Waals surface area (Å²) in [6.07, 6.45) is 4.15. The molecule has 3 heteroatoms. The van der Waals surface area contributed by atoms with Gasteiger partial charge < -0.3 is 10.2 Å². The predicted octanol–water partition coefficient (Wildman–Crippen LogP) is 3.22. The lowest BCUT2D eigenvalue weighted by molar-refractivity contribution is 0.229. The number of aryl methyl sites for hydroxylation is 1. The molecule has 0 radical (unpaired) electrons. The Bertz CT molecular complexity index is 373. The van der Waals surface area contributed by atoms with E-state index in [9.17, 15) is 0 Å². The minimum atomic E-state index is 0.827. The minimum Gasteiger partial charge on any atom is -0.311 e. The Hall–Kier alpha value is -0.570. The standard InChI is InChI=1S/C15H23ClN2/c1-13-5-6-15(16)11-14(13)12-17-7-10-18-8-3-2-4-9-18/h5-6,11,17H,2-4,7-10,12H2,1H3. The van der Waals surface area contributed by atoms with Gasteiger partial charge in [0.15, 0.2) is 0 Å². The lowest BCUT2D eigenvalue weighted by atomic mass is 10.1. The first-order valence-corrected chi connectivity index (χ1v) is 7.31. The minimum absolute atomic E-state index is 0.827. The smallest absolute Gasteiger partial charge is 0.0409 e. The highest BCUT2D eigenvalue weighted by molar-refractivity contribution is 6.30. The Balaban J connectivity index is 1.69. The third-order valence-electron chi connectivity index (χ3n) is 3.68. The number of piperidine rings is 1. The van der Waals surface area contributed by atoms with Gasteiger partial charge in [0.1, 0.15) is 0 Å². The van der Waals surface area contributed by atoms with Crippen molar-refractivity contribution in [2.45, 2.75) is 32.7 Å². The number of likely N-dealkylation sites (tertiary alicyclic amines) is 1. The Morgan fingerprint density at radius 1 is 1.22 bits per heavy atom. The quantitative estimate of drug-likeness (QED) is 0.824. The second-order valence-corrected chi connectivity index (χ2v) is 5.59. The molecule has 0 bridgehead atoms. The number of hydrogen-bond donors (Lipinski definition) is 1. The van der Waals surface area contributed by atoms with E-state index < -0.39 is 0 Å². The molecule has 1 aliphatic rings. The third-order valence-corrected chi connectivity index (χ3v) is 3.92. The van der Waals surface area contributed by atoms with Crippen molar-refractivity contribution >= 4 is 11.6 Å². The van der Waals surface area contributed by atoms with Crippen LogP contribution in [0.4, 0.5) is 0 Å². The van der Waals surface area contributed by atoms with Crippen LogP contribution in [0.3, 0.4) is 0 Å². The van der Waals surface area contributed by atoms with E-state index in [0.29, 0.717) is 0 Å². The van der Waals surface area contributed by atoms with Crippen molar-refractivity contribution in [1.29, 1.82) is 0 Å². The summed E-state index contributed by atoms with van der Waals surface area (Å²) in [5, 5.41) is 4.34. The van der Waals surface area contributed by atoms with Crippen LogP contribution in [0.5, 0.6) is 0 Å². The van der Waals surface area contributed by atoms with Gasteiger partial charge in [-0.3, -0.25) is 0 Å². The molecule has 2 nitrogen and oxygen atoms in total. The fraction of sp³-hybridized carbons (Fsp3) is 0.600. The Kier molecular flexibility index (Phi) is 5.48. The van der Waals surface area contributed by atoms with E-state index in [1.54, 1.807) is 0 Å². The van der Waals surface area contributed by atoms with Crippen LogP contribution in [0.1, 0.15) is 30.4 Å². The average molecular weight is 267 g/mol. The SMILES string of the molecule is Cc1ccc(Cl)cc1CNCCN1CCCCC1. The summed E-state index contributed by atoms with van der Waals surface area (Å²) in [7, 11) is 0. The van der Waals surface area contributed by atoms with Crippen LogP contribution in [0, 0.1) is 6.92 Å². The highest BCUT2D eigenvalue weighted by Gasteiger charge is 2.08. The molecule has 0 aliphatic carbocycles. The molecule has 1 fully saturated rings. The maximum Gasteiger partial charge on any atom is 0.0409 e. The van der Waals surface area contributed by atoms with E-state index in [-0.39, 0.29) is 0 Å². The van der Waals surface area contributed by atoms with Crippen LogP contribution in [0.2, 0.25) is 5.02 Å². The van der Waals surface area contributed by atoms with Crippen LogP contribution >= 0.6 is 11.6 Å². The van der Waals surface area contributed by atoms with Gasteiger partial charge in [-0.15, -0.1) is 0 Å². The van der Waals surface area contributed by atoms with Crippen molar-refractivity contribution in [3.8, 4) is 0 Å². The molecule has 1 aromatic carbocycles. The van der Waals surface area contributed by atoms with E-state index in [0.717, 1.165) is 18.1 Å². The summed E-state index contributed by atoms with van der Waals surface area (Å²) in [5.74, 6) is 0. The molecule has 0 spiro atoms. The van der Waals surface area contributed by atoms with Crippen LogP contribution in [-0.4, -0.2) is 31.1 Å². The first kappa shape index (κ1) is 13.9. The topological polar surface area (TPSA) is 15.3 Å². The summed E-state index contributed by atoms with van der Waals surface area (Å²) in [6, 6.07) is 6.10. The molecule has 100 valence electrons. The van der Waals surface area contributed by atoms with Crippen molar-refractivity contribution < 1.29 is 0 Å². The summed E-state index contributed by atoms with van der Waals surface area (Å²) >= 11 is 6.02. The van der Waals surface area contributed by atoms with Gasteiger partial charge >= 0.3 is 0 Å². The van der Waals surface area contributed by atoms with Crippen LogP contribution < -0.4 is 5.32 Å². The van der Waals surface area contributed by atoms with Crippen molar-refractivity contribution in [1.82, 2.24) is 10.2 Å². The van der Waals surface area contributed by atoms with E-state index in [1.807, 2.05) is 6.07 Å². The second-order valence-electron chi connectivity index (χ2n) is 5.15. The van der Waals surface area contributed by atoms with Gasteiger partial charge in [-0.1, -0.05) is 24.1 Å². The van der Waals surface area contributed by atoms with Crippen molar-refractivity contribution in [3.63, 3.8) is 0 Å². The zero-order chi connectivity index (χ0) is 12.8. The van der Waals surface area contributed by atoms with Gasteiger partial charge in [-0.05, 0) is 56.1 Å². The zero-order valence-corrected chi connectivity index (χ0v) is 12.0. The van der Waals surface area contributed by atoms with Crippen LogP contribution in [0.15, 0.2) is 18.2 Å². The van der Waals surface area contributed by atoms with E-state index >= 15 is 0 Å². The van der Waals surface area contributed by atoms with E-state index in [2.05, 4.69) is 29.3 Å². The average Bonchev–Trinajstić information content (AvgIpc) is 2.40. The molecular formula is C15H23ClN2. The maximum absolute atomic E-state index is 6.02. The molecule has 0 aromatic heterocycles. The second kappa shape index (κ2) is 7.13. The molecule has 0 atom stereocenters. The van der Waals surface area contributed by atoms with Crippen molar-refractivity contribution in [2.75, 3.05) is 26.2 Å². The van der Waals surface area contributed by atoms with Gasteiger partial charge in [0.25, 0.3) is 0 Å². The van der Waals surface area contributed by atoms with Crippen molar-refractivity contribution in [3.05, 3.63) is 34.3 Å². The lowest BCUT2D eigenvalue weighted by Gasteiger charge is -2.26. The molecular weight excluding hydrogens is 244 g/mol. The summed E-state index contributed by atoms with van der Waals surface area (Å²) in [6.45, 7) is 7.83. The summed E-state index contributed by atoms with van der Waals surface area (Å²) in [4.78, 5) is 2.56. The molecule has 1 N–H and O–H groups in total. The van der Waals surface area contributed by atoms with Gasteiger partial charge in [0.2, 0.25) is 0 Å². The predicted molar refractivity (Wildman–Crippen MR) is 78.2 cm³/mol. The highest BCUT2D eigenvalue weighted by Crippen LogP contribution is 2.15. The third kappa shape index (κ3) is 4.27. The number of nitrogens with zero attached hydrogens (tertiary/aromatic N) is 1. The van der Waals surface area contributed by atoms with E-state index in [4.69, 9.17) is 11.6 Å². The first-order valence-electron chi connectivity index (χ1n) is 6.94. The number of rotatable bonds is 5. The Labute approximate surface area is 115 Å². The molecule has 1 aromatic rings. The summed E-state index contributed by atoms with van der Waals surface area (Å²) < 4.78 is 0. The molecule has 1 heterocycles. The molecule has 0 unspecified atom stereocenters. The van der Waals surface area contributed by atoms with Gasteiger partial charge in [0.05, 0.1) is 0 Å². The number of benzene rings is 1. The molecule has 1 saturated heterocycles. The fourth-order valence-corrected chi connectivity index (χ4v) is 2.67. The van der Waals surface area contributed by atoms with Gasteiger partial charge in [-0.2, -0.15) is 0 Å². The van der Waals surface area contributed by atoms with Crippen molar-refractivity contribution in [2.24, 2.45) is 0 Å². The van der Waals surface area contributed by atoms with Crippen LogP contribution in [0.25, 0.3) is 0 Å². The number of nitrogens with one attached hydrogen (secondary N) is 1. The van der Waals surface area contributed by atoms with E-state index in [1.165, 1.54) is 50.0 Å². The molecule has 18 heavy (non-hydrogen) atoms. The largest absolute Gasteiger partial charge is 0.311 e. The number of hydrogen-bond acceptors (Lipinski definition) is 2. The first-order chi connectivity index (χ1) is 8.75.